The third-order valence-electron chi connectivity index (χ3n) is 3.96. The van der Waals surface area contributed by atoms with Crippen molar-refractivity contribution in [3.05, 3.63) is 64.7 Å². The van der Waals surface area contributed by atoms with Gasteiger partial charge in [0.1, 0.15) is 25.2 Å². The maximum Gasteiger partial charge on any atom is 0.266 e. The minimum atomic E-state index is -0.564. The molecule has 5 heteroatoms. The third-order valence-corrected chi connectivity index (χ3v) is 3.96. The van der Waals surface area contributed by atoms with E-state index in [0.29, 0.717) is 19.4 Å². The van der Waals surface area contributed by atoms with E-state index in [-0.39, 0.29) is 5.71 Å². The van der Waals surface area contributed by atoms with Gasteiger partial charge in [0.05, 0.1) is 0 Å². The SMILES string of the molecule is CON=C(CCc1ccccc1COc1cc(C)ccc1C)C(N)=O. The van der Waals surface area contributed by atoms with Crippen molar-refractivity contribution >= 4 is 11.6 Å². The minimum Gasteiger partial charge on any atom is -0.489 e. The Balaban J connectivity index is 2.08. The topological polar surface area (TPSA) is 73.9 Å². The molecule has 0 aliphatic heterocycles. The highest BCUT2D eigenvalue weighted by atomic mass is 16.6. The second-order valence-electron chi connectivity index (χ2n) is 5.91. The van der Waals surface area contributed by atoms with Gasteiger partial charge >= 0.3 is 0 Å². The number of oxime groups is 1. The van der Waals surface area contributed by atoms with E-state index in [1.54, 1.807) is 0 Å². The molecule has 0 fully saturated rings. The smallest absolute Gasteiger partial charge is 0.266 e. The van der Waals surface area contributed by atoms with Crippen molar-refractivity contribution in [2.75, 3.05) is 7.11 Å². The monoisotopic (exact) mass is 340 g/mol. The lowest BCUT2D eigenvalue weighted by atomic mass is 10.0. The first-order chi connectivity index (χ1) is 12.0. The third kappa shape index (κ3) is 5.35. The molecule has 5 nitrogen and oxygen atoms in total. The first kappa shape index (κ1) is 18.5. The molecule has 0 unspecified atom stereocenters. The summed E-state index contributed by atoms with van der Waals surface area (Å²) in [5, 5.41) is 3.69. The van der Waals surface area contributed by atoms with Gasteiger partial charge in [0.25, 0.3) is 5.91 Å². The van der Waals surface area contributed by atoms with Crippen LogP contribution in [0.15, 0.2) is 47.6 Å². The average molecular weight is 340 g/mol. The fourth-order valence-electron chi connectivity index (χ4n) is 2.54. The number of nitrogens with zero attached hydrogens (tertiary/aromatic N) is 1. The Morgan fingerprint density at radius 2 is 1.84 bits per heavy atom. The van der Waals surface area contributed by atoms with Crippen LogP contribution in [-0.4, -0.2) is 18.7 Å². The lowest BCUT2D eigenvalue weighted by molar-refractivity contribution is -0.112. The molecule has 0 saturated carbocycles. The van der Waals surface area contributed by atoms with Crippen LogP contribution in [-0.2, 0) is 22.7 Å². The number of benzene rings is 2. The van der Waals surface area contributed by atoms with Crippen molar-refractivity contribution in [2.24, 2.45) is 10.9 Å². The van der Waals surface area contributed by atoms with E-state index in [0.717, 1.165) is 28.0 Å². The molecule has 0 aromatic heterocycles. The Kier molecular flexibility index (Phi) is 6.57. The van der Waals surface area contributed by atoms with Gasteiger partial charge in [-0.15, -0.1) is 0 Å². The van der Waals surface area contributed by atoms with Gasteiger partial charge in [-0.2, -0.15) is 0 Å². The molecule has 2 aromatic rings. The molecule has 2 N–H and O–H groups in total. The highest BCUT2D eigenvalue weighted by Gasteiger charge is 2.11. The molecule has 1 amide bonds. The molecule has 0 saturated heterocycles. The van der Waals surface area contributed by atoms with Crippen LogP contribution < -0.4 is 10.5 Å². The molecule has 0 radical (unpaired) electrons. The summed E-state index contributed by atoms with van der Waals surface area (Å²) in [6.45, 7) is 4.54. The maximum absolute atomic E-state index is 11.4. The normalized spacial score (nSPS) is 11.2. The van der Waals surface area contributed by atoms with Crippen LogP contribution in [0.25, 0.3) is 0 Å². The van der Waals surface area contributed by atoms with Crippen molar-refractivity contribution in [1.82, 2.24) is 0 Å². The van der Waals surface area contributed by atoms with Gasteiger partial charge in [0.2, 0.25) is 0 Å². The largest absolute Gasteiger partial charge is 0.489 e. The van der Waals surface area contributed by atoms with Gasteiger partial charge in [-0.25, -0.2) is 0 Å². The molecule has 2 aromatic carbocycles. The van der Waals surface area contributed by atoms with E-state index in [1.807, 2.05) is 44.2 Å². The van der Waals surface area contributed by atoms with Crippen LogP contribution >= 0.6 is 0 Å². The van der Waals surface area contributed by atoms with E-state index in [2.05, 4.69) is 22.1 Å². The summed E-state index contributed by atoms with van der Waals surface area (Å²) in [7, 11) is 1.40. The molecule has 0 bridgehead atoms. The summed E-state index contributed by atoms with van der Waals surface area (Å²) in [5.41, 5.74) is 9.98. The van der Waals surface area contributed by atoms with E-state index in [4.69, 9.17) is 10.5 Å². The molecule has 0 heterocycles. The van der Waals surface area contributed by atoms with Crippen molar-refractivity contribution < 1.29 is 14.4 Å². The minimum absolute atomic E-state index is 0.229. The lowest BCUT2D eigenvalue weighted by Crippen LogP contribution is -2.24. The van der Waals surface area contributed by atoms with Gasteiger partial charge in [-0.3, -0.25) is 4.79 Å². The van der Waals surface area contributed by atoms with Crippen molar-refractivity contribution in [3.8, 4) is 5.75 Å². The molecule has 0 aliphatic rings. The molecule has 132 valence electrons. The number of ether oxygens (including phenoxy) is 1. The molecule has 0 atom stereocenters. The number of primary amides is 1. The standard InChI is InChI=1S/C20H24N2O3/c1-14-8-9-15(2)19(12-14)25-13-17-7-5-4-6-16(17)10-11-18(20(21)23)22-24-3/h4-9,12H,10-11,13H2,1-3H3,(H2,21,23). The Morgan fingerprint density at radius 1 is 1.12 bits per heavy atom. The first-order valence-electron chi connectivity index (χ1n) is 8.18. The number of nitrogens with two attached hydrogens (primary N) is 1. The predicted molar refractivity (Wildman–Crippen MR) is 98.6 cm³/mol. The number of hydrogen-bond acceptors (Lipinski definition) is 4. The molecule has 25 heavy (non-hydrogen) atoms. The molecular formula is C20H24N2O3. The van der Waals surface area contributed by atoms with E-state index in [9.17, 15) is 4.79 Å². The summed E-state index contributed by atoms with van der Waals surface area (Å²) in [4.78, 5) is 16.0. The zero-order valence-electron chi connectivity index (χ0n) is 14.9. The van der Waals surface area contributed by atoms with Gasteiger partial charge in [0, 0.05) is 6.42 Å². The van der Waals surface area contributed by atoms with Crippen molar-refractivity contribution in [2.45, 2.75) is 33.3 Å². The quantitative estimate of drug-likeness (QED) is 0.592. The van der Waals surface area contributed by atoms with Crippen molar-refractivity contribution in [1.29, 1.82) is 0 Å². The Hall–Kier alpha value is -2.82. The number of hydrogen-bond donors (Lipinski definition) is 1. The summed E-state index contributed by atoms with van der Waals surface area (Å²) in [6, 6.07) is 14.1. The summed E-state index contributed by atoms with van der Waals surface area (Å²) < 4.78 is 6.00. The Morgan fingerprint density at radius 3 is 2.52 bits per heavy atom. The van der Waals surface area contributed by atoms with Crippen LogP contribution in [0.1, 0.15) is 28.7 Å². The van der Waals surface area contributed by atoms with E-state index < -0.39 is 5.91 Å². The Labute approximate surface area is 148 Å². The molecule has 2 rings (SSSR count). The van der Waals surface area contributed by atoms with Gasteiger partial charge < -0.3 is 15.3 Å². The fourth-order valence-corrected chi connectivity index (χ4v) is 2.54. The highest BCUT2D eigenvalue weighted by Crippen LogP contribution is 2.21. The van der Waals surface area contributed by atoms with Gasteiger partial charge in [-0.05, 0) is 48.6 Å². The van der Waals surface area contributed by atoms with Crippen LogP contribution in [0.4, 0.5) is 0 Å². The van der Waals surface area contributed by atoms with Gasteiger partial charge in [0.15, 0.2) is 0 Å². The van der Waals surface area contributed by atoms with Crippen molar-refractivity contribution in [3.63, 3.8) is 0 Å². The second kappa shape index (κ2) is 8.87. The summed E-state index contributed by atoms with van der Waals surface area (Å²) in [5.74, 6) is 0.319. The average Bonchev–Trinajstić information content (AvgIpc) is 2.60. The van der Waals surface area contributed by atoms with E-state index in [1.165, 1.54) is 7.11 Å². The highest BCUT2D eigenvalue weighted by molar-refractivity contribution is 6.38. The Bertz CT molecular complexity index is 769. The first-order valence-corrected chi connectivity index (χ1v) is 8.18. The van der Waals surface area contributed by atoms with Crippen LogP contribution in [0.2, 0.25) is 0 Å². The van der Waals surface area contributed by atoms with Crippen LogP contribution in [0.5, 0.6) is 5.75 Å². The molecular weight excluding hydrogens is 316 g/mol. The maximum atomic E-state index is 11.4. The van der Waals surface area contributed by atoms with Gasteiger partial charge in [-0.1, -0.05) is 41.6 Å². The van der Waals surface area contributed by atoms with Crippen LogP contribution in [0, 0.1) is 13.8 Å². The number of aryl methyl sites for hydroxylation is 3. The van der Waals surface area contributed by atoms with E-state index >= 15 is 0 Å². The lowest BCUT2D eigenvalue weighted by Gasteiger charge is -2.13. The summed E-state index contributed by atoms with van der Waals surface area (Å²) >= 11 is 0. The predicted octanol–water partition coefficient (Wildman–Crippen LogP) is 3.30. The second-order valence-corrected chi connectivity index (χ2v) is 5.91. The number of rotatable bonds is 8. The number of carbonyl (C=O) groups is 1. The summed E-state index contributed by atoms with van der Waals surface area (Å²) in [6.07, 6.45) is 1.06. The molecule has 0 aliphatic carbocycles. The molecule has 0 spiro atoms. The zero-order chi connectivity index (χ0) is 18.2. The number of carbonyl (C=O) groups excluding carboxylic acids is 1. The number of amides is 1. The fraction of sp³-hybridized carbons (Fsp3) is 0.300. The van der Waals surface area contributed by atoms with Crippen LogP contribution in [0.3, 0.4) is 0 Å². The zero-order valence-corrected chi connectivity index (χ0v) is 14.9.